The third-order valence-corrected chi connectivity index (χ3v) is 4.85. The van der Waals surface area contributed by atoms with Crippen LogP contribution in [-0.2, 0) is 13.3 Å². The largest absolute Gasteiger partial charge is 0.471 e. The van der Waals surface area contributed by atoms with Crippen LogP contribution in [0.5, 0.6) is 5.75 Å². The summed E-state index contributed by atoms with van der Waals surface area (Å²) < 4.78 is 62.5. The molecule has 0 bridgehead atoms. The van der Waals surface area contributed by atoms with Gasteiger partial charge in [-0.05, 0) is 43.2 Å². The average molecular weight is 473 g/mol. The average Bonchev–Trinajstić information content (AvgIpc) is 3.43. The van der Waals surface area contributed by atoms with Crippen molar-refractivity contribution in [3.8, 4) is 5.75 Å². The molecule has 0 fully saturated rings. The molecule has 0 atom stereocenters. The Balaban J connectivity index is 1.38. The van der Waals surface area contributed by atoms with Crippen LogP contribution in [-0.4, -0.2) is 25.5 Å². The second-order valence-electron chi connectivity index (χ2n) is 7.66. The fourth-order valence-corrected chi connectivity index (χ4v) is 3.33. The van der Waals surface area contributed by atoms with Crippen molar-refractivity contribution in [1.82, 2.24) is 19.6 Å². The Morgan fingerprint density at radius 2 is 1.74 bits per heavy atom. The SMILES string of the molecule is Cc1cc(C)cc(OCn2ccc(C(=O)Nc3cnn(Cc4c(F)cc(F)c(F)c4F)c3)n2)c1. The maximum Gasteiger partial charge on any atom is 0.276 e. The van der Waals surface area contributed by atoms with E-state index in [-0.39, 0.29) is 24.2 Å². The minimum absolute atomic E-state index is 0.0967. The van der Waals surface area contributed by atoms with Gasteiger partial charge in [-0.2, -0.15) is 10.2 Å². The number of hydrogen-bond donors (Lipinski definition) is 1. The van der Waals surface area contributed by atoms with Gasteiger partial charge >= 0.3 is 0 Å². The highest BCUT2D eigenvalue weighted by Gasteiger charge is 2.20. The van der Waals surface area contributed by atoms with Gasteiger partial charge in [-0.25, -0.2) is 22.2 Å². The fraction of sp³-hybridized carbons (Fsp3) is 0.174. The summed E-state index contributed by atoms with van der Waals surface area (Å²) in [6.07, 6.45) is 4.11. The zero-order valence-electron chi connectivity index (χ0n) is 18.2. The number of aryl methyl sites for hydroxylation is 2. The second-order valence-corrected chi connectivity index (χ2v) is 7.66. The summed E-state index contributed by atoms with van der Waals surface area (Å²) in [7, 11) is 0. The van der Waals surface area contributed by atoms with Crippen molar-refractivity contribution in [3.05, 3.63) is 94.6 Å². The van der Waals surface area contributed by atoms with Gasteiger partial charge in [0.25, 0.3) is 5.91 Å². The zero-order valence-corrected chi connectivity index (χ0v) is 18.2. The number of ether oxygens (including phenoxy) is 1. The first-order chi connectivity index (χ1) is 16.2. The van der Waals surface area contributed by atoms with Crippen molar-refractivity contribution >= 4 is 11.6 Å². The summed E-state index contributed by atoms with van der Waals surface area (Å²) in [5.41, 5.74) is 1.75. The Morgan fingerprint density at radius 3 is 2.47 bits per heavy atom. The molecule has 2 heterocycles. The van der Waals surface area contributed by atoms with Crippen molar-refractivity contribution in [3.63, 3.8) is 0 Å². The van der Waals surface area contributed by atoms with Gasteiger partial charge in [0, 0.05) is 24.0 Å². The Kier molecular flexibility index (Phi) is 6.35. The maximum atomic E-state index is 13.9. The zero-order chi connectivity index (χ0) is 24.4. The molecule has 0 spiro atoms. The van der Waals surface area contributed by atoms with Crippen molar-refractivity contribution in [2.75, 3.05) is 5.32 Å². The molecule has 11 heteroatoms. The predicted octanol–water partition coefficient (Wildman–Crippen LogP) is 4.59. The number of nitrogens with zero attached hydrogens (tertiary/aromatic N) is 4. The molecule has 0 saturated carbocycles. The molecule has 2 aromatic carbocycles. The number of rotatable bonds is 7. The summed E-state index contributed by atoms with van der Waals surface area (Å²) in [6, 6.07) is 7.56. The van der Waals surface area contributed by atoms with Crippen LogP contribution in [0.2, 0.25) is 0 Å². The van der Waals surface area contributed by atoms with Crippen LogP contribution in [0.15, 0.2) is 48.9 Å². The van der Waals surface area contributed by atoms with E-state index in [1.807, 2.05) is 32.0 Å². The van der Waals surface area contributed by atoms with Gasteiger partial charge in [-0.15, -0.1) is 0 Å². The number of aromatic nitrogens is 4. The molecule has 7 nitrogen and oxygen atoms in total. The molecule has 1 amide bonds. The molecular weight excluding hydrogens is 454 g/mol. The molecule has 176 valence electrons. The lowest BCUT2D eigenvalue weighted by molar-refractivity contribution is 0.102. The topological polar surface area (TPSA) is 74.0 Å². The molecule has 0 saturated heterocycles. The van der Waals surface area contributed by atoms with E-state index in [0.717, 1.165) is 15.8 Å². The first-order valence-electron chi connectivity index (χ1n) is 10.1. The molecule has 0 unspecified atom stereocenters. The smallest absolute Gasteiger partial charge is 0.276 e. The third kappa shape index (κ3) is 5.08. The van der Waals surface area contributed by atoms with Crippen molar-refractivity contribution in [2.24, 2.45) is 0 Å². The maximum absolute atomic E-state index is 13.9. The van der Waals surface area contributed by atoms with E-state index >= 15 is 0 Å². The standard InChI is InChI=1S/C23H19F4N5O2/c1-13-5-14(2)7-16(6-13)34-12-31-4-3-20(30-31)23(33)29-15-9-28-32(10-15)11-17-18(24)8-19(25)22(27)21(17)26/h3-10H,11-12H2,1-2H3,(H,29,33). The van der Waals surface area contributed by atoms with Gasteiger partial charge in [0.05, 0.1) is 18.4 Å². The Labute approximate surface area is 191 Å². The first-order valence-corrected chi connectivity index (χ1v) is 10.1. The number of halogens is 4. The number of carbonyl (C=O) groups is 1. The molecule has 4 rings (SSSR count). The fourth-order valence-electron chi connectivity index (χ4n) is 3.33. The molecule has 0 aliphatic heterocycles. The Hall–Kier alpha value is -4.15. The van der Waals surface area contributed by atoms with Crippen molar-refractivity contribution in [1.29, 1.82) is 0 Å². The molecule has 2 aromatic heterocycles. The first kappa shape index (κ1) is 23.0. The van der Waals surface area contributed by atoms with Gasteiger partial charge in [-0.1, -0.05) is 6.07 Å². The van der Waals surface area contributed by atoms with Gasteiger partial charge in [-0.3, -0.25) is 9.48 Å². The quantitative estimate of drug-likeness (QED) is 0.242. The van der Waals surface area contributed by atoms with Gasteiger partial charge < -0.3 is 10.1 Å². The minimum atomic E-state index is -1.77. The highest BCUT2D eigenvalue weighted by Crippen LogP contribution is 2.21. The van der Waals surface area contributed by atoms with E-state index in [9.17, 15) is 22.4 Å². The number of amides is 1. The summed E-state index contributed by atoms with van der Waals surface area (Å²) in [5.74, 6) is -6.13. The number of benzene rings is 2. The Bertz CT molecular complexity index is 1350. The highest BCUT2D eigenvalue weighted by atomic mass is 19.2. The molecular formula is C23H19F4N5O2. The third-order valence-electron chi connectivity index (χ3n) is 4.85. The van der Waals surface area contributed by atoms with E-state index in [1.165, 1.54) is 23.1 Å². The van der Waals surface area contributed by atoms with Crippen LogP contribution in [0.1, 0.15) is 27.2 Å². The van der Waals surface area contributed by atoms with Gasteiger partial charge in [0.15, 0.2) is 29.9 Å². The van der Waals surface area contributed by atoms with E-state index in [2.05, 4.69) is 15.5 Å². The second kappa shape index (κ2) is 9.38. The number of carbonyl (C=O) groups excluding carboxylic acids is 1. The normalized spacial score (nSPS) is 11.0. The number of nitrogens with one attached hydrogen (secondary N) is 1. The van der Waals surface area contributed by atoms with Crippen LogP contribution >= 0.6 is 0 Å². The van der Waals surface area contributed by atoms with E-state index in [1.54, 1.807) is 6.20 Å². The lowest BCUT2D eigenvalue weighted by Gasteiger charge is -2.08. The summed E-state index contributed by atoms with van der Waals surface area (Å²) in [5, 5.41) is 10.6. The molecule has 1 N–H and O–H groups in total. The van der Waals surface area contributed by atoms with Crippen LogP contribution in [0.4, 0.5) is 23.2 Å². The van der Waals surface area contributed by atoms with Crippen LogP contribution in [0.25, 0.3) is 0 Å². The van der Waals surface area contributed by atoms with Gasteiger partial charge in [0.1, 0.15) is 11.6 Å². The van der Waals surface area contributed by atoms with E-state index in [4.69, 9.17) is 4.74 Å². The van der Waals surface area contributed by atoms with Crippen molar-refractivity contribution in [2.45, 2.75) is 27.1 Å². The monoisotopic (exact) mass is 473 g/mol. The summed E-state index contributed by atoms with van der Waals surface area (Å²) >= 11 is 0. The van der Waals surface area contributed by atoms with Crippen molar-refractivity contribution < 1.29 is 27.1 Å². The van der Waals surface area contributed by atoms with Crippen LogP contribution in [0, 0.1) is 37.1 Å². The minimum Gasteiger partial charge on any atom is -0.471 e. The summed E-state index contributed by atoms with van der Waals surface area (Å²) in [4.78, 5) is 12.5. The molecule has 0 aliphatic carbocycles. The van der Waals surface area contributed by atoms with E-state index < -0.39 is 41.3 Å². The lowest BCUT2D eigenvalue weighted by Crippen LogP contribution is -2.14. The highest BCUT2D eigenvalue weighted by molar-refractivity contribution is 6.02. The molecule has 34 heavy (non-hydrogen) atoms. The molecule has 0 radical (unpaired) electrons. The Morgan fingerprint density at radius 1 is 1.00 bits per heavy atom. The van der Waals surface area contributed by atoms with Crippen LogP contribution in [0.3, 0.4) is 0 Å². The lowest BCUT2D eigenvalue weighted by atomic mass is 10.1. The molecule has 0 aliphatic rings. The predicted molar refractivity (Wildman–Crippen MR) is 114 cm³/mol. The summed E-state index contributed by atoms with van der Waals surface area (Å²) in [6.45, 7) is 3.52. The number of anilines is 1. The number of hydrogen-bond acceptors (Lipinski definition) is 4. The molecule has 4 aromatic rings. The van der Waals surface area contributed by atoms with Gasteiger partial charge in [0.2, 0.25) is 0 Å². The van der Waals surface area contributed by atoms with E-state index in [0.29, 0.717) is 5.75 Å². The van der Waals surface area contributed by atoms with Crippen LogP contribution < -0.4 is 10.1 Å².